The van der Waals surface area contributed by atoms with Crippen molar-refractivity contribution in [3.05, 3.63) is 29.8 Å². The zero-order valence-electron chi connectivity index (χ0n) is 7.51. The molecule has 1 N–H and O–H groups in total. The second-order valence-corrected chi connectivity index (χ2v) is 3.60. The van der Waals surface area contributed by atoms with Gasteiger partial charge in [0, 0.05) is 6.54 Å². The van der Waals surface area contributed by atoms with Crippen LogP contribution in [-0.2, 0) is 0 Å². The Morgan fingerprint density at radius 3 is 3.00 bits per heavy atom. The first-order chi connectivity index (χ1) is 5.86. The molecule has 0 aromatic heterocycles. The lowest BCUT2D eigenvalue weighted by Crippen LogP contribution is -2.10. The van der Waals surface area contributed by atoms with Gasteiger partial charge in [0.25, 0.3) is 0 Å². The summed E-state index contributed by atoms with van der Waals surface area (Å²) in [6, 6.07) is 8.86. The second kappa shape index (κ2) is 3.32. The van der Waals surface area contributed by atoms with Gasteiger partial charge >= 0.3 is 0 Å². The highest BCUT2D eigenvalue weighted by atomic mass is 14.9. The first-order valence-corrected chi connectivity index (χ1v) is 4.63. The zero-order valence-corrected chi connectivity index (χ0v) is 7.51. The van der Waals surface area contributed by atoms with Crippen LogP contribution in [-0.4, -0.2) is 20.9 Å². The predicted octanol–water partition coefficient (Wildman–Crippen LogP) is 0.0219. The van der Waals surface area contributed by atoms with E-state index in [0.717, 1.165) is 12.5 Å². The molecule has 0 bridgehead atoms. The van der Waals surface area contributed by atoms with Gasteiger partial charge in [0.05, 0.1) is 0 Å². The highest BCUT2D eigenvalue weighted by Gasteiger charge is 2.15. The number of rotatable bonds is 1. The van der Waals surface area contributed by atoms with Gasteiger partial charge in [0.2, 0.25) is 0 Å². The van der Waals surface area contributed by atoms with Gasteiger partial charge in [0.15, 0.2) is 0 Å². The molecule has 1 aliphatic rings. The van der Waals surface area contributed by atoms with Crippen molar-refractivity contribution in [1.29, 1.82) is 0 Å². The average Bonchev–Trinajstić information content (AvgIpc) is 2.56. The van der Waals surface area contributed by atoms with E-state index in [0.29, 0.717) is 0 Å². The van der Waals surface area contributed by atoms with E-state index in [1.807, 2.05) is 0 Å². The zero-order chi connectivity index (χ0) is 8.39. The molecule has 1 aliphatic heterocycles. The largest absolute Gasteiger partial charge is 0.316 e. The maximum atomic E-state index is 3.39. The van der Waals surface area contributed by atoms with Crippen LogP contribution in [0.2, 0.25) is 0 Å². The molecule has 1 aromatic carbocycles. The van der Waals surface area contributed by atoms with Crippen molar-refractivity contribution in [1.82, 2.24) is 5.32 Å². The van der Waals surface area contributed by atoms with E-state index in [1.165, 1.54) is 24.0 Å². The first-order valence-electron chi connectivity index (χ1n) is 4.63. The Bertz CT molecular complexity index is 266. The van der Waals surface area contributed by atoms with Crippen LogP contribution >= 0.6 is 0 Å². The summed E-state index contributed by atoms with van der Waals surface area (Å²) < 4.78 is 0. The van der Waals surface area contributed by atoms with Crippen LogP contribution in [0.4, 0.5) is 0 Å². The van der Waals surface area contributed by atoms with Crippen LogP contribution in [0.25, 0.3) is 0 Å². The molecule has 0 unspecified atom stereocenters. The van der Waals surface area contributed by atoms with E-state index in [4.69, 9.17) is 0 Å². The SMILES string of the molecule is Bc1cccc([C@@H]2CCNC2)c1. The molecule has 12 heavy (non-hydrogen) atoms. The van der Waals surface area contributed by atoms with Gasteiger partial charge in [-0.15, -0.1) is 0 Å². The molecule has 1 heterocycles. The van der Waals surface area contributed by atoms with Crippen LogP contribution < -0.4 is 10.8 Å². The van der Waals surface area contributed by atoms with Crippen molar-refractivity contribution in [3.63, 3.8) is 0 Å². The molecule has 62 valence electrons. The fourth-order valence-electron chi connectivity index (χ4n) is 1.86. The molecule has 0 spiro atoms. The average molecular weight is 159 g/mol. The summed E-state index contributed by atoms with van der Waals surface area (Å²) in [5, 5.41) is 3.39. The Labute approximate surface area is 74.6 Å². The third-order valence-corrected chi connectivity index (χ3v) is 2.57. The lowest BCUT2D eigenvalue weighted by atomic mass is 9.90. The van der Waals surface area contributed by atoms with Crippen LogP contribution in [0.1, 0.15) is 17.9 Å². The van der Waals surface area contributed by atoms with Crippen LogP contribution in [0.5, 0.6) is 0 Å². The maximum absolute atomic E-state index is 3.39. The second-order valence-electron chi connectivity index (χ2n) is 3.60. The van der Waals surface area contributed by atoms with Crippen molar-refractivity contribution in [3.8, 4) is 0 Å². The molecule has 1 saturated heterocycles. The number of hydrogen-bond donors (Lipinski definition) is 1. The van der Waals surface area contributed by atoms with Gasteiger partial charge in [0.1, 0.15) is 7.85 Å². The van der Waals surface area contributed by atoms with E-state index < -0.39 is 0 Å². The summed E-state index contributed by atoms with van der Waals surface area (Å²) in [5.74, 6) is 0.755. The Kier molecular flexibility index (Phi) is 2.18. The quantitative estimate of drug-likeness (QED) is 0.569. The molecule has 0 amide bonds. The third-order valence-electron chi connectivity index (χ3n) is 2.57. The Hall–Kier alpha value is -0.755. The molecule has 1 aromatic rings. The minimum atomic E-state index is 0.755. The Morgan fingerprint density at radius 1 is 1.42 bits per heavy atom. The molecule has 1 fully saturated rings. The van der Waals surface area contributed by atoms with Gasteiger partial charge in [-0.05, 0) is 24.4 Å². The highest BCUT2D eigenvalue weighted by Crippen LogP contribution is 2.20. The molecule has 0 radical (unpaired) electrons. The normalized spacial score (nSPS) is 22.8. The molecule has 2 rings (SSSR count). The lowest BCUT2D eigenvalue weighted by Gasteiger charge is -2.08. The Morgan fingerprint density at radius 2 is 2.33 bits per heavy atom. The summed E-state index contributed by atoms with van der Waals surface area (Å²) in [4.78, 5) is 0. The number of nitrogens with one attached hydrogen (secondary N) is 1. The van der Waals surface area contributed by atoms with Gasteiger partial charge in [-0.2, -0.15) is 0 Å². The summed E-state index contributed by atoms with van der Waals surface area (Å²) >= 11 is 0. The monoisotopic (exact) mass is 159 g/mol. The molecule has 2 heteroatoms. The fraction of sp³-hybridized carbons (Fsp3) is 0.400. The van der Waals surface area contributed by atoms with Crippen LogP contribution in [0, 0.1) is 0 Å². The van der Waals surface area contributed by atoms with Gasteiger partial charge in [-0.1, -0.05) is 29.7 Å². The molecule has 1 nitrogen and oxygen atoms in total. The van der Waals surface area contributed by atoms with Crippen molar-refractivity contribution in [2.75, 3.05) is 13.1 Å². The standard InChI is InChI=1S/C10H14BN/c11-10-3-1-2-8(6-10)9-4-5-12-7-9/h1-3,6,9,12H,4-5,7,11H2/t9-/m1/s1. The molecule has 1 atom stereocenters. The van der Waals surface area contributed by atoms with Crippen molar-refractivity contribution >= 4 is 13.3 Å². The summed E-state index contributed by atoms with van der Waals surface area (Å²) in [5.41, 5.74) is 2.87. The van der Waals surface area contributed by atoms with E-state index >= 15 is 0 Å². The maximum Gasteiger partial charge on any atom is 0.139 e. The first kappa shape index (κ1) is 7.87. The van der Waals surface area contributed by atoms with Crippen LogP contribution in [0.15, 0.2) is 24.3 Å². The van der Waals surface area contributed by atoms with E-state index in [2.05, 4.69) is 37.4 Å². The minimum Gasteiger partial charge on any atom is -0.316 e. The topological polar surface area (TPSA) is 12.0 Å². The van der Waals surface area contributed by atoms with Gasteiger partial charge in [-0.3, -0.25) is 0 Å². The molecular formula is C10H14BN. The Balaban J connectivity index is 2.21. The minimum absolute atomic E-state index is 0.755. The van der Waals surface area contributed by atoms with Crippen molar-refractivity contribution < 1.29 is 0 Å². The van der Waals surface area contributed by atoms with Gasteiger partial charge in [-0.25, -0.2) is 0 Å². The van der Waals surface area contributed by atoms with Crippen LogP contribution in [0.3, 0.4) is 0 Å². The van der Waals surface area contributed by atoms with E-state index in [-0.39, 0.29) is 0 Å². The molecular weight excluding hydrogens is 145 g/mol. The summed E-state index contributed by atoms with van der Waals surface area (Å²) in [6.45, 7) is 2.34. The fourth-order valence-corrected chi connectivity index (χ4v) is 1.86. The number of hydrogen-bond acceptors (Lipinski definition) is 1. The summed E-state index contributed by atoms with van der Waals surface area (Å²) in [7, 11) is 2.16. The van der Waals surface area contributed by atoms with Gasteiger partial charge < -0.3 is 5.32 Å². The third kappa shape index (κ3) is 1.53. The molecule has 0 aliphatic carbocycles. The van der Waals surface area contributed by atoms with E-state index in [9.17, 15) is 0 Å². The summed E-state index contributed by atoms with van der Waals surface area (Å²) in [6.07, 6.45) is 1.30. The smallest absolute Gasteiger partial charge is 0.139 e. The molecule has 0 saturated carbocycles. The lowest BCUT2D eigenvalue weighted by molar-refractivity contribution is 0.764. The van der Waals surface area contributed by atoms with E-state index in [1.54, 1.807) is 0 Å². The predicted molar refractivity (Wildman–Crippen MR) is 54.8 cm³/mol. The van der Waals surface area contributed by atoms with Crippen molar-refractivity contribution in [2.45, 2.75) is 12.3 Å². The van der Waals surface area contributed by atoms with Crippen molar-refractivity contribution in [2.24, 2.45) is 0 Å². The highest BCUT2D eigenvalue weighted by molar-refractivity contribution is 6.32. The number of benzene rings is 1.